The maximum Gasteiger partial charge on any atom is 0.335 e. The Balaban J connectivity index is 1.91. The van der Waals surface area contributed by atoms with Crippen molar-refractivity contribution in [1.29, 1.82) is 0 Å². The summed E-state index contributed by atoms with van der Waals surface area (Å²) in [6.45, 7) is 2.05. The van der Waals surface area contributed by atoms with Crippen molar-refractivity contribution in [3.05, 3.63) is 59.7 Å². The van der Waals surface area contributed by atoms with E-state index in [4.69, 9.17) is 9.84 Å². The Kier molecular flexibility index (Phi) is 3.29. The lowest BCUT2D eigenvalue weighted by atomic mass is 10.1. The van der Waals surface area contributed by atoms with Crippen LogP contribution >= 0.6 is 0 Å². The van der Waals surface area contributed by atoms with Crippen LogP contribution in [0.2, 0.25) is 0 Å². The Morgan fingerprint density at radius 1 is 1.15 bits per heavy atom. The number of carboxylic acid groups (broad SMARTS) is 1. The van der Waals surface area contributed by atoms with E-state index in [0.717, 1.165) is 30.1 Å². The van der Waals surface area contributed by atoms with Gasteiger partial charge in [0.05, 0.1) is 12.1 Å². The molecular formula is C16H15NO3. The summed E-state index contributed by atoms with van der Waals surface area (Å²) in [7, 11) is 0. The summed E-state index contributed by atoms with van der Waals surface area (Å²) >= 11 is 0. The molecule has 102 valence electrons. The third kappa shape index (κ3) is 2.45. The SMILES string of the molecule is O=C(O)c1cccc(N2CCOc3ccccc3C2)c1. The molecule has 0 unspecified atom stereocenters. The maximum absolute atomic E-state index is 11.1. The van der Waals surface area contributed by atoms with Gasteiger partial charge in [-0.3, -0.25) is 0 Å². The summed E-state index contributed by atoms with van der Waals surface area (Å²) in [6, 6.07) is 15.0. The van der Waals surface area contributed by atoms with E-state index >= 15 is 0 Å². The molecule has 3 rings (SSSR count). The highest BCUT2D eigenvalue weighted by atomic mass is 16.5. The van der Waals surface area contributed by atoms with E-state index in [9.17, 15) is 4.79 Å². The average molecular weight is 269 g/mol. The van der Waals surface area contributed by atoms with Crippen LogP contribution in [0.5, 0.6) is 5.75 Å². The number of ether oxygens (including phenoxy) is 1. The fraction of sp³-hybridized carbons (Fsp3) is 0.188. The second-order valence-corrected chi connectivity index (χ2v) is 4.73. The summed E-state index contributed by atoms with van der Waals surface area (Å²) in [5, 5.41) is 9.08. The molecule has 0 amide bonds. The molecule has 2 aromatic carbocycles. The van der Waals surface area contributed by atoms with Crippen LogP contribution in [0.25, 0.3) is 0 Å². The third-order valence-electron chi connectivity index (χ3n) is 3.41. The molecule has 0 aromatic heterocycles. The quantitative estimate of drug-likeness (QED) is 0.910. The second-order valence-electron chi connectivity index (χ2n) is 4.73. The lowest BCUT2D eigenvalue weighted by Crippen LogP contribution is -2.25. The number of fused-ring (bicyclic) bond motifs is 1. The zero-order valence-corrected chi connectivity index (χ0v) is 11.0. The van der Waals surface area contributed by atoms with Gasteiger partial charge < -0.3 is 14.7 Å². The average Bonchev–Trinajstić information content (AvgIpc) is 2.69. The van der Waals surface area contributed by atoms with Crippen molar-refractivity contribution in [1.82, 2.24) is 0 Å². The van der Waals surface area contributed by atoms with Crippen molar-refractivity contribution in [3.63, 3.8) is 0 Å². The fourth-order valence-electron chi connectivity index (χ4n) is 2.38. The first kappa shape index (κ1) is 12.5. The van der Waals surface area contributed by atoms with Crippen molar-refractivity contribution in [2.75, 3.05) is 18.1 Å². The van der Waals surface area contributed by atoms with E-state index in [1.807, 2.05) is 30.3 Å². The molecule has 1 heterocycles. The molecule has 0 radical (unpaired) electrons. The number of rotatable bonds is 2. The fourth-order valence-corrected chi connectivity index (χ4v) is 2.38. The van der Waals surface area contributed by atoms with E-state index in [2.05, 4.69) is 4.90 Å². The Labute approximate surface area is 117 Å². The van der Waals surface area contributed by atoms with E-state index < -0.39 is 5.97 Å². The van der Waals surface area contributed by atoms with Crippen molar-refractivity contribution in [3.8, 4) is 5.75 Å². The van der Waals surface area contributed by atoms with E-state index in [1.165, 1.54) is 0 Å². The van der Waals surface area contributed by atoms with Crippen LogP contribution in [0, 0.1) is 0 Å². The van der Waals surface area contributed by atoms with Crippen LogP contribution in [-0.2, 0) is 6.54 Å². The molecule has 0 saturated carbocycles. The van der Waals surface area contributed by atoms with Gasteiger partial charge in [0, 0.05) is 17.8 Å². The van der Waals surface area contributed by atoms with Gasteiger partial charge in [-0.25, -0.2) is 4.79 Å². The Morgan fingerprint density at radius 2 is 2.00 bits per heavy atom. The zero-order chi connectivity index (χ0) is 13.9. The minimum atomic E-state index is -0.904. The molecule has 0 aliphatic carbocycles. The molecule has 4 nitrogen and oxygen atoms in total. The van der Waals surface area contributed by atoms with Gasteiger partial charge in [0.1, 0.15) is 12.4 Å². The van der Waals surface area contributed by atoms with Crippen LogP contribution in [0.15, 0.2) is 48.5 Å². The van der Waals surface area contributed by atoms with E-state index in [-0.39, 0.29) is 0 Å². The summed E-state index contributed by atoms with van der Waals surface area (Å²) in [4.78, 5) is 13.2. The molecule has 0 fully saturated rings. The lowest BCUT2D eigenvalue weighted by Gasteiger charge is -2.22. The standard InChI is InChI=1S/C16H15NO3/c18-16(19)12-5-3-6-14(10-12)17-8-9-20-15-7-2-1-4-13(15)11-17/h1-7,10H,8-9,11H2,(H,18,19). The minimum Gasteiger partial charge on any atom is -0.491 e. The number of anilines is 1. The first-order valence-electron chi connectivity index (χ1n) is 6.53. The van der Waals surface area contributed by atoms with Crippen LogP contribution < -0.4 is 9.64 Å². The van der Waals surface area contributed by atoms with Crippen LogP contribution in [0.4, 0.5) is 5.69 Å². The van der Waals surface area contributed by atoms with Gasteiger partial charge in [-0.2, -0.15) is 0 Å². The van der Waals surface area contributed by atoms with Crippen LogP contribution in [0.3, 0.4) is 0 Å². The van der Waals surface area contributed by atoms with Gasteiger partial charge >= 0.3 is 5.97 Å². The molecule has 2 aromatic rings. The molecule has 0 bridgehead atoms. The van der Waals surface area contributed by atoms with Crippen molar-refractivity contribution >= 4 is 11.7 Å². The van der Waals surface area contributed by atoms with Crippen LogP contribution in [-0.4, -0.2) is 24.2 Å². The Hall–Kier alpha value is -2.49. The number of hydrogen-bond acceptors (Lipinski definition) is 3. The second kappa shape index (κ2) is 5.25. The zero-order valence-electron chi connectivity index (χ0n) is 11.0. The molecule has 1 aliphatic rings. The summed E-state index contributed by atoms with van der Waals surface area (Å²) in [5.74, 6) is 0.00251. The third-order valence-corrected chi connectivity index (χ3v) is 3.41. The molecule has 1 N–H and O–H groups in total. The minimum absolute atomic E-state index is 0.306. The van der Waals surface area contributed by atoms with E-state index in [1.54, 1.807) is 18.2 Å². The highest BCUT2D eigenvalue weighted by Crippen LogP contribution is 2.26. The number of para-hydroxylation sites is 1. The number of nitrogens with zero attached hydrogens (tertiary/aromatic N) is 1. The van der Waals surface area contributed by atoms with Crippen molar-refractivity contribution < 1.29 is 14.6 Å². The van der Waals surface area contributed by atoms with Crippen molar-refractivity contribution in [2.45, 2.75) is 6.54 Å². The molecule has 20 heavy (non-hydrogen) atoms. The Bertz CT molecular complexity index is 639. The van der Waals surface area contributed by atoms with Gasteiger partial charge in [0.25, 0.3) is 0 Å². The maximum atomic E-state index is 11.1. The lowest BCUT2D eigenvalue weighted by molar-refractivity contribution is 0.0697. The molecule has 0 spiro atoms. The normalized spacial score (nSPS) is 14.1. The largest absolute Gasteiger partial charge is 0.491 e. The summed E-state index contributed by atoms with van der Waals surface area (Å²) in [5.41, 5.74) is 2.33. The van der Waals surface area contributed by atoms with Gasteiger partial charge in [-0.15, -0.1) is 0 Å². The topological polar surface area (TPSA) is 49.8 Å². The van der Waals surface area contributed by atoms with E-state index in [0.29, 0.717) is 12.2 Å². The van der Waals surface area contributed by atoms with Gasteiger partial charge in [0.15, 0.2) is 0 Å². The van der Waals surface area contributed by atoms with Crippen LogP contribution in [0.1, 0.15) is 15.9 Å². The number of benzene rings is 2. The van der Waals surface area contributed by atoms with Crippen molar-refractivity contribution in [2.24, 2.45) is 0 Å². The molecular weight excluding hydrogens is 254 g/mol. The molecule has 0 saturated heterocycles. The predicted octanol–water partition coefficient (Wildman–Crippen LogP) is 2.78. The predicted molar refractivity (Wildman–Crippen MR) is 76.4 cm³/mol. The molecule has 0 atom stereocenters. The monoisotopic (exact) mass is 269 g/mol. The highest BCUT2D eigenvalue weighted by Gasteiger charge is 2.16. The smallest absolute Gasteiger partial charge is 0.335 e. The van der Waals surface area contributed by atoms with Gasteiger partial charge in [0.2, 0.25) is 0 Å². The van der Waals surface area contributed by atoms with Gasteiger partial charge in [-0.05, 0) is 24.3 Å². The number of aromatic carboxylic acids is 1. The molecule has 1 aliphatic heterocycles. The summed E-state index contributed by atoms with van der Waals surface area (Å²) in [6.07, 6.45) is 0. The number of carboxylic acids is 1. The molecule has 4 heteroatoms. The first-order chi connectivity index (χ1) is 9.74. The highest BCUT2D eigenvalue weighted by molar-refractivity contribution is 5.88. The first-order valence-corrected chi connectivity index (χ1v) is 6.53. The summed E-state index contributed by atoms with van der Waals surface area (Å²) < 4.78 is 5.72. The van der Waals surface area contributed by atoms with Gasteiger partial charge in [-0.1, -0.05) is 24.3 Å². The Morgan fingerprint density at radius 3 is 2.85 bits per heavy atom. The number of carbonyl (C=O) groups is 1. The number of hydrogen-bond donors (Lipinski definition) is 1.